The van der Waals surface area contributed by atoms with E-state index in [0.29, 0.717) is 41.2 Å². The molecule has 7 heteroatoms. The number of hydrogen-bond donors (Lipinski definition) is 2. The van der Waals surface area contributed by atoms with E-state index in [-0.39, 0.29) is 5.91 Å². The average molecular weight is 429 g/mol. The van der Waals surface area contributed by atoms with Crippen LogP contribution in [-0.4, -0.2) is 25.0 Å². The van der Waals surface area contributed by atoms with E-state index in [9.17, 15) is 9.59 Å². The normalized spacial score (nSPS) is 15.6. The molecule has 1 aliphatic carbocycles. The Balaban J connectivity index is 1.77. The van der Waals surface area contributed by atoms with Gasteiger partial charge in [0.05, 0.1) is 18.8 Å². The maximum absolute atomic E-state index is 12.5. The van der Waals surface area contributed by atoms with Gasteiger partial charge in [-0.2, -0.15) is 0 Å². The lowest BCUT2D eigenvalue weighted by atomic mass is 9.88. The van der Waals surface area contributed by atoms with Crippen molar-refractivity contribution in [3.63, 3.8) is 0 Å². The molecule has 0 saturated heterocycles. The minimum Gasteiger partial charge on any atom is -0.490 e. The van der Waals surface area contributed by atoms with Crippen LogP contribution in [0.15, 0.2) is 24.3 Å². The van der Waals surface area contributed by atoms with Gasteiger partial charge in [0.25, 0.3) is 5.91 Å². The second kappa shape index (κ2) is 9.80. The Kier molecular flexibility index (Phi) is 7.15. The molecule has 0 saturated carbocycles. The van der Waals surface area contributed by atoms with Gasteiger partial charge in [0.2, 0.25) is 5.91 Å². The number of benzene rings is 1. The number of thiophene rings is 1. The third-order valence-corrected chi connectivity index (χ3v) is 6.16. The van der Waals surface area contributed by atoms with Gasteiger partial charge in [-0.1, -0.05) is 13.0 Å². The van der Waals surface area contributed by atoms with Gasteiger partial charge in [0.15, 0.2) is 11.5 Å². The number of rotatable bonds is 8. The molecule has 0 aliphatic heterocycles. The number of carbonyl (C=O) groups is 2. The number of nitrogens with one attached hydrogen (secondary N) is 1. The van der Waals surface area contributed by atoms with Crippen molar-refractivity contribution in [2.75, 3.05) is 18.5 Å². The van der Waals surface area contributed by atoms with Crippen LogP contribution in [0.1, 0.15) is 53.6 Å². The van der Waals surface area contributed by atoms with Gasteiger partial charge >= 0.3 is 0 Å². The molecule has 1 unspecified atom stereocenters. The second-order valence-electron chi connectivity index (χ2n) is 7.31. The molecule has 3 N–H and O–H groups in total. The molecule has 1 aromatic carbocycles. The SMILES string of the molecule is CCOc1ccc(C=CC(=O)Nc2sc3c(c2C(N)=O)CCC(C)C3)cc1OCC. The molecule has 1 atom stereocenters. The van der Waals surface area contributed by atoms with Gasteiger partial charge < -0.3 is 20.5 Å². The van der Waals surface area contributed by atoms with Crippen LogP contribution < -0.4 is 20.5 Å². The van der Waals surface area contributed by atoms with Crippen LogP contribution in [0, 0.1) is 5.92 Å². The summed E-state index contributed by atoms with van der Waals surface area (Å²) in [6, 6.07) is 5.52. The standard InChI is InChI=1S/C23H28N2O4S/c1-4-28-17-10-7-15(13-18(17)29-5-2)8-11-20(26)25-23-21(22(24)27)16-9-6-14(3)12-19(16)30-23/h7-8,10-11,13-14H,4-6,9,12H2,1-3H3,(H2,24,27)(H,25,26). The largest absolute Gasteiger partial charge is 0.490 e. The lowest BCUT2D eigenvalue weighted by Crippen LogP contribution is -2.18. The van der Waals surface area contributed by atoms with E-state index in [1.165, 1.54) is 17.4 Å². The van der Waals surface area contributed by atoms with Gasteiger partial charge in [0.1, 0.15) is 5.00 Å². The maximum Gasteiger partial charge on any atom is 0.251 e. The summed E-state index contributed by atoms with van der Waals surface area (Å²) in [5, 5.41) is 3.38. The molecule has 2 amide bonds. The number of hydrogen-bond acceptors (Lipinski definition) is 5. The van der Waals surface area contributed by atoms with Crippen LogP contribution in [0.3, 0.4) is 0 Å². The van der Waals surface area contributed by atoms with E-state index in [0.717, 1.165) is 35.3 Å². The molecule has 0 radical (unpaired) electrons. The number of ether oxygens (including phenoxy) is 2. The van der Waals surface area contributed by atoms with E-state index in [1.807, 2.05) is 32.0 Å². The van der Waals surface area contributed by atoms with Crippen LogP contribution in [0.25, 0.3) is 6.08 Å². The van der Waals surface area contributed by atoms with E-state index >= 15 is 0 Å². The van der Waals surface area contributed by atoms with Crippen molar-refractivity contribution in [2.45, 2.75) is 40.0 Å². The zero-order chi connectivity index (χ0) is 21.7. The molecule has 1 heterocycles. The summed E-state index contributed by atoms with van der Waals surface area (Å²) >= 11 is 1.46. The van der Waals surface area contributed by atoms with Crippen LogP contribution in [0.2, 0.25) is 0 Å². The maximum atomic E-state index is 12.5. The molecule has 6 nitrogen and oxygen atoms in total. The van der Waals surface area contributed by atoms with Crippen molar-refractivity contribution in [3.05, 3.63) is 45.8 Å². The highest BCUT2D eigenvalue weighted by molar-refractivity contribution is 7.17. The molecule has 1 aliphatic rings. The molecule has 2 aromatic rings. The summed E-state index contributed by atoms with van der Waals surface area (Å²) < 4.78 is 11.2. The molecule has 3 rings (SSSR count). The van der Waals surface area contributed by atoms with E-state index in [1.54, 1.807) is 6.08 Å². The molecular weight excluding hydrogens is 400 g/mol. The number of anilines is 1. The van der Waals surface area contributed by atoms with Crippen molar-refractivity contribution in [1.82, 2.24) is 0 Å². The smallest absolute Gasteiger partial charge is 0.251 e. The van der Waals surface area contributed by atoms with Crippen molar-refractivity contribution in [2.24, 2.45) is 11.7 Å². The third kappa shape index (κ3) is 5.02. The predicted molar refractivity (Wildman–Crippen MR) is 120 cm³/mol. The highest BCUT2D eigenvalue weighted by atomic mass is 32.1. The number of amides is 2. The van der Waals surface area contributed by atoms with Crippen LogP contribution in [0.4, 0.5) is 5.00 Å². The van der Waals surface area contributed by atoms with E-state index in [2.05, 4.69) is 12.2 Å². The molecular formula is C23H28N2O4S. The average Bonchev–Trinajstić information content (AvgIpc) is 3.05. The van der Waals surface area contributed by atoms with Gasteiger partial charge in [-0.15, -0.1) is 11.3 Å². The van der Waals surface area contributed by atoms with Crippen LogP contribution in [0.5, 0.6) is 11.5 Å². The van der Waals surface area contributed by atoms with Gasteiger partial charge in [0, 0.05) is 11.0 Å². The first-order valence-corrected chi connectivity index (χ1v) is 11.1. The zero-order valence-corrected chi connectivity index (χ0v) is 18.4. The summed E-state index contributed by atoms with van der Waals surface area (Å²) in [7, 11) is 0. The zero-order valence-electron chi connectivity index (χ0n) is 17.6. The lowest BCUT2D eigenvalue weighted by molar-refractivity contribution is -0.111. The molecule has 0 bridgehead atoms. The first-order valence-electron chi connectivity index (χ1n) is 10.3. The van der Waals surface area contributed by atoms with Crippen molar-refractivity contribution in [3.8, 4) is 11.5 Å². The van der Waals surface area contributed by atoms with Gasteiger partial charge in [-0.3, -0.25) is 9.59 Å². The fourth-order valence-corrected chi connectivity index (χ4v) is 5.02. The Morgan fingerprint density at radius 3 is 2.67 bits per heavy atom. The number of fused-ring (bicyclic) bond motifs is 1. The Morgan fingerprint density at radius 1 is 1.23 bits per heavy atom. The molecule has 30 heavy (non-hydrogen) atoms. The van der Waals surface area contributed by atoms with E-state index < -0.39 is 5.91 Å². The summed E-state index contributed by atoms with van der Waals surface area (Å²) in [6.45, 7) is 7.08. The number of primary amides is 1. The van der Waals surface area contributed by atoms with E-state index in [4.69, 9.17) is 15.2 Å². The fourth-order valence-electron chi connectivity index (χ4n) is 3.60. The monoisotopic (exact) mass is 428 g/mol. The Bertz CT molecular complexity index is 964. The summed E-state index contributed by atoms with van der Waals surface area (Å²) in [6.07, 6.45) is 5.91. The number of nitrogens with two attached hydrogens (primary N) is 1. The third-order valence-electron chi connectivity index (χ3n) is 4.99. The fraction of sp³-hybridized carbons (Fsp3) is 0.391. The summed E-state index contributed by atoms with van der Waals surface area (Å²) in [4.78, 5) is 25.7. The van der Waals surface area contributed by atoms with Gasteiger partial charge in [-0.25, -0.2) is 0 Å². The Labute approximate surface area is 181 Å². The minimum atomic E-state index is -0.491. The van der Waals surface area contributed by atoms with Crippen molar-refractivity contribution >= 4 is 34.2 Å². The molecule has 0 spiro atoms. The highest BCUT2D eigenvalue weighted by Crippen LogP contribution is 2.39. The first-order chi connectivity index (χ1) is 14.4. The van der Waals surface area contributed by atoms with Crippen molar-refractivity contribution in [1.29, 1.82) is 0 Å². The Hall–Kier alpha value is -2.80. The molecule has 1 aromatic heterocycles. The van der Waals surface area contributed by atoms with Crippen LogP contribution in [-0.2, 0) is 17.6 Å². The van der Waals surface area contributed by atoms with Crippen molar-refractivity contribution < 1.29 is 19.1 Å². The molecule has 0 fully saturated rings. The lowest BCUT2D eigenvalue weighted by Gasteiger charge is -2.18. The first kappa shape index (κ1) is 21.9. The summed E-state index contributed by atoms with van der Waals surface area (Å²) in [5.41, 5.74) is 7.89. The molecule has 160 valence electrons. The van der Waals surface area contributed by atoms with Crippen LogP contribution >= 0.6 is 11.3 Å². The number of carbonyl (C=O) groups excluding carboxylic acids is 2. The quantitative estimate of drug-likeness (QED) is 0.609. The minimum absolute atomic E-state index is 0.309. The Morgan fingerprint density at radius 2 is 1.97 bits per heavy atom. The summed E-state index contributed by atoms with van der Waals surface area (Å²) in [5.74, 6) is 1.08. The highest BCUT2D eigenvalue weighted by Gasteiger charge is 2.26. The predicted octanol–water partition coefficient (Wildman–Crippen LogP) is 4.42. The second-order valence-corrected chi connectivity index (χ2v) is 8.42. The topological polar surface area (TPSA) is 90.6 Å². The van der Waals surface area contributed by atoms with Gasteiger partial charge in [-0.05, 0) is 68.4 Å².